The van der Waals surface area contributed by atoms with Crippen molar-refractivity contribution in [1.82, 2.24) is 29.3 Å². The molecule has 1 N–H and O–H groups in total. The highest BCUT2D eigenvalue weighted by Gasteiger charge is 2.18. The number of aromatic nitrogens is 6. The first-order valence-electron chi connectivity index (χ1n) is 11.9. The second-order valence-electron chi connectivity index (χ2n) is 10.3. The molecule has 0 unspecified atom stereocenters. The van der Waals surface area contributed by atoms with Crippen LogP contribution in [0.2, 0.25) is 25.7 Å². The Hall–Kier alpha value is -2.82. The fourth-order valence-corrected chi connectivity index (χ4v) is 5.07. The van der Waals surface area contributed by atoms with Gasteiger partial charge in [0.1, 0.15) is 6.73 Å². The summed E-state index contributed by atoms with van der Waals surface area (Å²) in [6.07, 6.45) is 7.37. The van der Waals surface area contributed by atoms with Crippen LogP contribution in [0.1, 0.15) is 12.8 Å². The zero-order chi connectivity index (χ0) is 23.7. The van der Waals surface area contributed by atoms with E-state index in [4.69, 9.17) is 9.47 Å². The van der Waals surface area contributed by atoms with Crippen molar-refractivity contribution in [2.45, 2.75) is 51.8 Å². The number of pyridine rings is 2. The van der Waals surface area contributed by atoms with Crippen molar-refractivity contribution in [1.29, 1.82) is 0 Å². The van der Waals surface area contributed by atoms with Gasteiger partial charge in [0, 0.05) is 63.3 Å². The number of aromatic amines is 1. The number of rotatable bonds is 8. The number of imidazole rings is 1. The van der Waals surface area contributed by atoms with E-state index in [1.165, 1.54) is 0 Å². The van der Waals surface area contributed by atoms with Gasteiger partial charge in [0.25, 0.3) is 0 Å². The summed E-state index contributed by atoms with van der Waals surface area (Å²) in [4.78, 5) is 24.7. The number of fused-ring (bicyclic) bond motifs is 2. The van der Waals surface area contributed by atoms with Crippen LogP contribution in [-0.2, 0) is 22.7 Å². The summed E-state index contributed by atoms with van der Waals surface area (Å²) >= 11 is 0. The van der Waals surface area contributed by atoms with E-state index in [0.717, 1.165) is 66.4 Å². The lowest BCUT2D eigenvalue weighted by molar-refractivity contribution is 0.0613. The predicted molar refractivity (Wildman–Crippen MR) is 135 cm³/mol. The third kappa shape index (κ3) is 4.98. The van der Waals surface area contributed by atoms with Gasteiger partial charge in [-0.15, -0.1) is 0 Å². The van der Waals surface area contributed by atoms with Crippen LogP contribution in [0.15, 0.2) is 35.5 Å². The molecule has 0 spiro atoms. The molecular formula is C24H32N6O3Si. The highest BCUT2D eigenvalue weighted by Crippen LogP contribution is 2.25. The molecule has 0 amide bonds. The molecule has 10 heteroatoms. The van der Waals surface area contributed by atoms with Gasteiger partial charge < -0.3 is 9.47 Å². The van der Waals surface area contributed by atoms with E-state index in [2.05, 4.69) is 45.8 Å². The van der Waals surface area contributed by atoms with Crippen LogP contribution in [0.4, 0.5) is 0 Å². The largest absolute Gasteiger partial charge is 0.381 e. The molecule has 0 atom stereocenters. The van der Waals surface area contributed by atoms with Crippen LogP contribution in [0, 0.1) is 5.92 Å². The van der Waals surface area contributed by atoms with E-state index in [1.807, 2.05) is 23.0 Å². The first-order valence-corrected chi connectivity index (χ1v) is 15.6. The third-order valence-electron chi connectivity index (χ3n) is 6.43. The van der Waals surface area contributed by atoms with Gasteiger partial charge in [-0.2, -0.15) is 5.10 Å². The zero-order valence-corrected chi connectivity index (χ0v) is 21.1. The second-order valence-corrected chi connectivity index (χ2v) is 15.9. The Morgan fingerprint density at radius 3 is 2.68 bits per heavy atom. The summed E-state index contributed by atoms with van der Waals surface area (Å²) in [5.41, 5.74) is 3.96. The molecule has 1 aliphatic heterocycles. The number of ether oxygens (including phenoxy) is 2. The molecule has 0 bridgehead atoms. The van der Waals surface area contributed by atoms with Crippen molar-refractivity contribution in [3.63, 3.8) is 0 Å². The third-order valence-corrected chi connectivity index (χ3v) is 8.13. The Morgan fingerprint density at radius 1 is 1.12 bits per heavy atom. The molecule has 9 nitrogen and oxygen atoms in total. The SMILES string of the molecule is C[Si](C)(C)CCOCn1ncc2cc(-c3cnc4[nH]c(=O)n(CC5CCOCC5)c4c3)cnc21. The Bertz CT molecular complexity index is 1350. The van der Waals surface area contributed by atoms with Crippen molar-refractivity contribution in [3.8, 4) is 11.1 Å². The van der Waals surface area contributed by atoms with E-state index in [0.29, 0.717) is 24.8 Å². The van der Waals surface area contributed by atoms with Gasteiger partial charge >= 0.3 is 5.69 Å². The quantitative estimate of drug-likeness (QED) is 0.303. The van der Waals surface area contributed by atoms with Gasteiger partial charge in [-0.1, -0.05) is 19.6 Å². The molecule has 5 rings (SSSR count). The molecule has 180 valence electrons. The molecular weight excluding hydrogens is 448 g/mol. The molecule has 34 heavy (non-hydrogen) atoms. The van der Waals surface area contributed by atoms with E-state index in [1.54, 1.807) is 10.9 Å². The monoisotopic (exact) mass is 480 g/mol. The molecule has 1 aliphatic rings. The summed E-state index contributed by atoms with van der Waals surface area (Å²) in [6.45, 7) is 10.4. The normalized spacial score (nSPS) is 15.5. The summed E-state index contributed by atoms with van der Waals surface area (Å²) in [5, 5.41) is 5.41. The minimum Gasteiger partial charge on any atom is -0.381 e. The fourth-order valence-electron chi connectivity index (χ4n) is 4.31. The number of hydrogen-bond donors (Lipinski definition) is 1. The number of H-pyrrole nitrogens is 1. The van der Waals surface area contributed by atoms with Gasteiger partial charge in [0.05, 0.1) is 11.7 Å². The first-order chi connectivity index (χ1) is 16.4. The number of hydrogen-bond acceptors (Lipinski definition) is 6. The van der Waals surface area contributed by atoms with Crippen LogP contribution in [0.3, 0.4) is 0 Å². The van der Waals surface area contributed by atoms with Crippen molar-refractivity contribution in [2.75, 3.05) is 19.8 Å². The lowest BCUT2D eigenvalue weighted by Crippen LogP contribution is -2.25. The Morgan fingerprint density at radius 2 is 1.88 bits per heavy atom. The highest BCUT2D eigenvalue weighted by molar-refractivity contribution is 6.76. The maximum Gasteiger partial charge on any atom is 0.327 e. The van der Waals surface area contributed by atoms with Crippen molar-refractivity contribution in [2.24, 2.45) is 5.92 Å². The van der Waals surface area contributed by atoms with Crippen molar-refractivity contribution in [3.05, 3.63) is 41.2 Å². The van der Waals surface area contributed by atoms with E-state index in [-0.39, 0.29) is 5.69 Å². The number of nitrogens with zero attached hydrogens (tertiary/aromatic N) is 5. The lowest BCUT2D eigenvalue weighted by Gasteiger charge is -2.22. The average Bonchev–Trinajstić information content (AvgIpc) is 3.36. The Labute approximate surface area is 199 Å². The highest BCUT2D eigenvalue weighted by atomic mass is 28.3. The predicted octanol–water partition coefficient (Wildman–Crippen LogP) is 3.88. The maximum absolute atomic E-state index is 12.6. The Kier molecular flexibility index (Phi) is 6.37. The summed E-state index contributed by atoms with van der Waals surface area (Å²) in [7, 11) is -1.12. The zero-order valence-electron chi connectivity index (χ0n) is 20.1. The molecule has 0 aromatic carbocycles. The Balaban J connectivity index is 1.37. The molecule has 4 aromatic heterocycles. The maximum atomic E-state index is 12.6. The van der Waals surface area contributed by atoms with E-state index >= 15 is 0 Å². The molecule has 0 saturated carbocycles. The van der Waals surface area contributed by atoms with Gasteiger partial charge in [-0.3, -0.25) is 9.55 Å². The van der Waals surface area contributed by atoms with Crippen LogP contribution >= 0.6 is 0 Å². The van der Waals surface area contributed by atoms with Crippen LogP contribution in [0.25, 0.3) is 33.3 Å². The van der Waals surface area contributed by atoms with Gasteiger partial charge in [0.15, 0.2) is 11.3 Å². The topological polar surface area (TPSA) is 99.8 Å². The van der Waals surface area contributed by atoms with Gasteiger partial charge in [-0.05, 0) is 36.9 Å². The summed E-state index contributed by atoms with van der Waals surface area (Å²) in [6, 6.07) is 5.20. The smallest absolute Gasteiger partial charge is 0.327 e. The van der Waals surface area contributed by atoms with Crippen LogP contribution in [-0.4, -0.2) is 57.2 Å². The van der Waals surface area contributed by atoms with Crippen LogP contribution < -0.4 is 5.69 Å². The molecule has 1 fully saturated rings. The van der Waals surface area contributed by atoms with Crippen molar-refractivity contribution >= 4 is 30.3 Å². The fraction of sp³-hybridized carbons (Fsp3) is 0.500. The minimum absolute atomic E-state index is 0.116. The second kappa shape index (κ2) is 9.44. The molecule has 1 saturated heterocycles. The molecule has 4 aromatic rings. The van der Waals surface area contributed by atoms with Gasteiger partial charge in [-0.25, -0.2) is 19.4 Å². The molecule has 0 aliphatic carbocycles. The van der Waals surface area contributed by atoms with Crippen molar-refractivity contribution < 1.29 is 9.47 Å². The summed E-state index contributed by atoms with van der Waals surface area (Å²) < 4.78 is 14.9. The van der Waals surface area contributed by atoms with Crippen LogP contribution in [0.5, 0.6) is 0 Å². The molecule has 0 radical (unpaired) electrons. The standard InChI is InChI=1S/C24H32N6O3Si/c1-34(2,3)9-8-33-16-30-23-20(14-27-30)10-18(13-26-23)19-11-21-22(25-12-19)28-24(31)29(21)15-17-4-6-32-7-5-17/h10-14,17H,4-9,15-16H2,1-3H3,(H,25,28,31). The van der Waals surface area contributed by atoms with Gasteiger partial charge in [0.2, 0.25) is 0 Å². The molecule has 5 heterocycles. The first kappa shape index (κ1) is 22.9. The van der Waals surface area contributed by atoms with E-state index < -0.39 is 8.07 Å². The average molecular weight is 481 g/mol. The minimum atomic E-state index is -1.12. The lowest BCUT2D eigenvalue weighted by atomic mass is 10.0. The van der Waals surface area contributed by atoms with E-state index in [9.17, 15) is 4.79 Å². The number of nitrogens with one attached hydrogen (secondary N) is 1. The summed E-state index contributed by atoms with van der Waals surface area (Å²) in [5.74, 6) is 0.436.